The van der Waals surface area contributed by atoms with Crippen LogP contribution in [0.25, 0.3) is 0 Å². The fraction of sp³-hybridized carbons (Fsp3) is 0.583. The maximum atomic E-state index is 13.6. The van der Waals surface area contributed by atoms with Gasteiger partial charge in [-0.1, -0.05) is 24.3 Å². The van der Waals surface area contributed by atoms with Gasteiger partial charge in [-0.2, -0.15) is 0 Å². The van der Waals surface area contributed by atoms with Crippen LogP contribution in [0.3, 0.4) is 0 Å². The number of ketones is 4. The Balaban J connectivity index is 1.79. The van der Waals surface area contributed by atoms with Gasteiger partial charge in [-0.15, -0.1) is 46.4 Å². The number of alkyl halides is 4. The quantitative estimate of drug-likeness (QED) is 0.305. The third kappa shape index (κ3) is 1.87. The van der Waals surface area contributed by atoms with Crippen molar-refractivity contribution in [3.63, 3.8) is 0 Å². The molecule has 12 heteroatoms. The van der Waals surface area contributed by atoms with Crippen LogP contribution >= 0.6 is 46.4 Å². The first-order valence-electron chi connectivity index (χ1n) is 11.1. The highest BCUT2D eigenvalue weighted by Gasteiger charge is 2.98. The van der Waals surface area contributed by atoms with E-state index < -0.39 is 77.9 Å². The summed E-state index contributed by atoms with van der Waals surface area (Å²) in [6.45, 7) is 0. The minimum Gasteiger partial charge on any atom is -0.349 e. The van der Waals surface area contributed by atoms with Crippen LogP contribution in [-0.4, -0.2) is 82.6 Å². The maximum absolute atomic E-state index is 13.6. The van der Waals surface area contributed by atoms with Crippen molar-refractivity contribution in [3.8, 4) is 0 Å². The van der Waals surface area contributed by atoms with E-state index in [-0.39, 0.29) is 0 Å². The van der Waals surface area contributed by atoms with Gasteiger partial charge in [0, 0.05) is 52.1 Å². The summed E-state index contributed by atoms with van der Waals surface area (Å²) in [5.74, 6) is -12.5. The molecule has 8 atom stereocenters. The summed E-state index contributed by atoms with van der Waals surface area (Å²) in [7, 11) is 4.92. The van der Waals surface area contributed by atoms with Crippen LogP contribution in [0.15, 0.2) is 24.3 Å². The van der Waals surface area contributed by atoms with Crippen molar-refractivity contribution >= 4 is 69.5 Å². The molecule has 0 heterocycles. The number of benzene rings is 1. The van der Waals surface area contributed by atoms with E-state index in [2.05, 4.69) is 0 Å². The molecule has 6 rings (SSSR count). The SMILES string of the molecule is COC1(OC)[C@@]2(Cl)C(=O)C(=O)[C@]1(Cl)[C@@H]1[C@@H]3[C@H](c4ccccc4[C@@H]12)[C@]1(Cl)C(=O)C(=O)[C@@]3(Cl)C1(OC)OC. The third-order valence-electron chi connectivity index (χ3n) is 9.35. The van der Waals surface area contributed by atoms with Crippen LogP contribution in [0.4, 0.5) is 0 Å². The lowest BCUT2D eigenvalue weighted by Gasteiger charge is -2.50. The smallest absolute Gasteiger partial charge is 0.227 e. The molecule has 5 aliphatic carbocycles. The summed E-state index contributed by atoms with van der Waals surface area (Å²) in [4.78, 5) is 45.5. The second-order valence-corrected chi connectivity index (χ2v) is 12.2. The molecule has 0 aliphatic heterocycles. The second-order valence-electron chi connectivity index (χ2n) is 9.85. The van der Waals surface area contributed by atoms with E-state index in [1.54, 1.807) is 24.3 Å². The Bertz CT molecular complexity index is 1200. The lowest BCUT2D eigenvalue weighted by atomic mass is 9.54. The predicted octanol–water partition coefficient (Wildman–Crippen LogP) is 2.32. The number of halogens is 4. The zero-order valence-corrected chi connectivity index (χ0v) is 22.4. The molecular weight excluding hydrogens is 558 g/mol. The van der Waals surface area contributed by atoms with Crippen molar-refractivity contribution in [3.05, 3.63) is 35.4 Å². The van der Waals surface area contributed by atoms with Gasteiger partial charge in [0.25, 0.3) is 0 Å². The molecule has 4 saturated carbocycles. The molecular formula is C24H20Cl4O8. The lowest BCUT2D eigenvalue weighted by molar-refractivity contribution is -0.227. The number of ether oxygens (including phenoxy) is 4. The standard InChI is InChI=1S/C24H20Cl4O8/c1-33-23(34-2)19(25)11-9-7-5-6-8-10(9)12-14(13(11)21(23,27)17(31)15(19)29)22(28)18(32)16(30)20(12,26)24(22,35-3)36-4/h5-8,11-14H,1-4H3/t11-,12-,13-,14-,19-,20-,21+,22+/m0/s1. The van der Waals surface area contributed by atoms with Gasteiger partial charge in [-0.05, 0) is 11.1 Å². The first-order valence-corrected chi connectivity index (χ1v) is 12.6. The summed E-state index contributed by atoms with van der Waals surface area (Å²) >= 11 is 28.6. The Morgan fingerprint density at radius 3 is 1.11 bits per heavy atom. The van der Waals surface area contributed by atoms with Gasteiger partial charge in [0.15, 0.2) is 19.5 Å². The van der Waals surface area contributed by atoms with Crippen molar-refractivity contribution in [2.24, 2.45) is 11.8 Å². The van der Waals surface area contributed by atoms with E-state index in [0.717, 1.165) is 0 Å². The molecule has 0 unspecified atom stereocenters. The number of Topliss-reactive ketones (excluding diaryl/α,β-unsaturated/α-hetero) is 4. The largest absolute Gasteiger partial charge is 0.349 e. The van der Waals surface area contributed by atoms with E-state index in [1.807, 2.05) is 0 Å². The first-order chi connectivity index (χ1) is 16.8. The summed E-state index contributed by atoms with van der Waals surface area (Å²) in [6, 6.07) is 6.86. The van der Waals surface area contributed by atoms with Gasteiger partial charge in [0.1, 0.15) is 0 Å². The normalized spacial score (nSPS) is 46.8. The third-order valence-corrected chi connectivity index (χ3v) is 12.0. The monoisotopic (exact) mass is 576 g/mol. The number of rotatable bonds is 4. The molecule has 0 N–H and O–H groups in total. The Hall–Kier alpha value is -1.10. The van der Waals surface area contributed by atoms with E-state index >= 15 is 0 Å². The van der Waals surface area contributed by atoms with Gasteiger partial charge in [0.2, 0.25) is 34.7 Å². The Morgan fingerprint density at radius 2 is 0.833 bits per heavy atom. The Kier molecular flexibility index (Phi) is 4.83. The summed E-state index contributed by atoms with van der Waals surface area (Å²) in [5.41, 5.74) is 1.02. The van der Waals surface area contributed by atoms with Crippen LogP contribution in [0.1, 0.15) is 23.0 Å². The molecule has 192 valence electrons. The molecule has 0 aromatic heterocycles. The van der Waals surface area contributed by atoms with Gasteiger partial charge < -0.3 is 18.9 Å². The topological polar surface area (TPSA) is 105 Å². The molecule has 0 amide bonds. The zero-order chi connectivity index (χ0) is 26.4. The van der Waals surface area contributed by atoms with Crippen LogP contribution in [0.5, 0.6) is 0 Å². The molecule has 4 bridgehead atoms. The molecule has 0 radical (unpaired) electrons. The van der Waals surface area contributed by atoms with Gasteiger partial charge in [-0.25, -0.2) is 0 Å². The molecule has 1 aromatic carbocycles. The number of hydrogen-bond acceptors (Lipinski definition) is 8. The predicted molar refractivity (Wildman–Crippen MR) is 127 cm³/mol. The highest BCUT2D eigenvalue weighted by molar-refractivity contribution is 6.68. The molecule has 0 saturated heterocycles. The van der Waals surface area contributed by atoms with Crippen LogP contribution < -0.4 is 0 Å². The number of fused-ring (bicyclic) bond motifs is 14. The average Bonchev–Trinajstić information content (AvgIpc) is 3.29. The summed E-state index contributed by atoms with van der Waals surface area (Å²) < 4.78 is 22.8. The number of hydrogen-bond donors (Lipinski definition) is 0. The van der Waals surface area contributed by atoms with Crippen molar-refractivity contribution in [2.45, 2.75) is 42.9 Å². The van der Waals surface area contributed by atoms with Gasteiger partial charge in [0.05, 0.1) is 0 Å². The van der Waals surface area contributed by atoms with Crippen LogP contribution in [0.2, 0.25) is 0 Å². The summed E-state index contributed by atoms with van der Waals surface area (Å²) in [6.07, 6.45) is 0. The molecule has 4 fully saturated rings. The van der Waals surface area contributed by atoms with E-state index in [9.17, 15) is 19.2 Å². The molecule has 0 spiro atoms. The highest BCUT2D eigenvalue weighted by atomic mass is 35.5. The molecule has 8 nitrogen and oxygen atoms in total. The average molecular weight is 578 g/mol. The fourth-order valence-electron chi connectivity index (χ4n) is 8.33. The molecule has 1 aromatic rings. The zero-order valence-electron chi connectivity index (χ0n) is 19.4. The second kappa shape index (κ2) is 6.90. The van der Waals surface area contributed by atoms with Crippen molar-refractivity contribution < 1.29 is 38.1 Å². The van der Waals surface area contributed by atoms with Gasteiger partial charge >= 0.3 is 0 Å². The van der Waals surface area contributed by atoms with E-state index in [4.69, 9.17) is 65.4 Å². The van der Waals surface area contributed by atoms with E-state index in [0.29, 0.717) is 11.1 Å². The van der Waals surface area contributed by atoms with E-state index in [1.165, 1.54) is 28.4 Å². The van der Waals surface area contributed by atoms with Gasteiger partial charge in [-0.3, -0.25) is 19.2 Å². The van der Waals surface area contributed by atoms with Crippen LogP contribution in [0, 0.1) is 11.8 Å². The number of methoxy groups -OCH3 is 4. The fourth-order valence-corrected chi connectivity index (χ4v) is 11.0. The first kappa shape index (κ1) is 25.2. The maximum Gasteiger partial charge on any atom is 0.227 e. The molecule has 5 aliphatic rings. The lowest BCUT2D eigenvalue weighted by Crippen LogP contribution is -2.63. The van der Waals surface area contributed by atoms with Crippen LogP contribution in [-0.2, 0) is 38.1 Å². The highest BCUT2D eigenvalue weighted by Crippen LogP contribution is 2.82. The van der Waals surface area contributed by atoms with Crippen molar-refractivity contribution in [1.29, 1.82) is 0 Å². The Morgan fingerprint density at radius 1 is 0.556 bits per heavy atom. The van der Waals surface area contributed by atoms with Crippen molar-refractivity contribution in [1.82, 2.24) is 0 Å². The summed E-state index contributed by atoms with van der Waals surface area (Å²) in [5, 5.41) is 0. The Labute approximate surface area is 225 Å². The minimum absolute atomic E-state index is 0.509. The van der Waals surface area contributed by atoms with Crippen molar-refractivity contribution in [2.75, 3.05) is 28.4 Å². The molecule has 36 heavy (non-hydrogen) atoms. The number of carbonyl (C=O) groups excluding carboxylic acids is 4. The minimum atomic E-state index is -2.22. The number of carbonyl (C=O) groups is 4.